The second-order valence-corrected chi connectivity index (χ2v) is 6.52. The van der Waals surface area contributed by atoms with E-state index in [0.29, 0.717) is 19.4 Å². The molecule has 1 unspecified atom stereocenters. The standard InChI is InChI=1S/C13H23N6O5P3.H2S/c1-7(20)5-9(12(23)24-27-26)18-10(21)6-17-11(22)8(14)3-2-4-16-13(15)19-25;/h8-9H,2-6,14,25H2,1H3,(H4-,15,16,17,18,19,21,22);1H2/p+1/t8-,9-;/m0./s1. The number of hydrogen-bond acceptors (Lipinski definition) is 7. The van der Waals surface area contributed by atoms with Crippen LogP contribution in [0.4, 0.5) is 0 Å². The fourth-order valence-electron chi connectivity index (χ4n) is 1.82. The summed E-state index contributed by atoms with van der Waals surface area (Å²) in [5.74, 6) is -2.02. The predicted molar refractivity (Wildman–Crippen MR) is 117 cm³/mol. The average Bonchev–Trinajstić information content (AvgIpc) is 2.61. The molecule has 0 aromatic carbocycles. The molecule has 0 saturated carbocycles. The van der Waals surface area contributed by atoms with Crippen LogP contribution >= 0.6 is 39.1 Å². The number of Topliss-reactive ketones (excluding diaryl/α,β-unsaturated/α-hetero) is 1. The SMILES string of the molecule is CC(=O)C[C@H](NC(=O)CNC(=O)[C@@H](N)CCCN=C(N)NP)C(=O)O[P+]#P.S. The summed E-state index contributed by atoms with van der Waals surface area (Å²) in [6.45, 7) is 1.28. The Morgan fingerprint density at radius 2 is 1.96 bits per heavy atom. The minimum absolute atomic E-state index is 0. The molecule has 3 atom stereocenters. The molecule has 7 N–H and O–H groups in total. The van der Waals surface area contributed by atoms with Gasteiger partial charge in [0.15, 0.2) is 5.96 Å². The summed E-state index contributed by atoms with van der Waals surface area (Å²) < 4.78 is 4.65. The van der Waals surface area contributed by atoms with E-state index >= 15 is 0 Å². The second kappa shape index (κ2) is 16.9. The molecule has 11 nitrogen and oxygen atoms in total. The van der Waals surface area contributed by atoms with Crippen molar-refractivity contribution in [3.63, 3.8) is 0 Å². The van der Waals surface area contributed by atoms with Crippen molar-refractivity contribution in [2.24, 2.45) is 16.5 Å². The first kappa shape index (κ1) is 29.2. The van der Waals surface area contributed by atoms with Gasteiger partial charge in [0.05, 0.1) is 0 Å². The molecule has 0 saturated heterocycles. The zero-order valence-electron chi connectivity index (χ0n) is 15.3. The fraction of sp³-hybridized carbons (Fsp3) is 0.615. The first-order valence-corrected chi connectivity index (χ1v) is 10.4. The van der Waals surface area contributed by atoms with Crippen molar-refractivity contribution < 1.29 is 23.7 Å². The minimum Gasteiger partial charge on any atom is -0.197 e. The summed E-state index contributed by atoms with van der Waals surface area (Å²) in [6.07, 6.45) is 0.654. The van der Waals surface area contributed by atoms with E-state index in [2.05, 4.69) is 43.0 Å². The van der Waals surface area contributed by atoms with E-state index in [9.17, 15) is 19.2 Å². The van der Waals surface area contributed by atoms with Crippen LogP contribution in [0.5, 0.6) is 0 Å². The molecule has 0 heterocycles. The number of nitrogens with two attached hydrogens (primary N) is 2. The van der Waals surface area contributed by atoms with Crippen LogP contribution in [-0.2, 0) is 23.7 Å². The van der Waals surface area contributed by atoms with Gasteiger partial charge in [0.1, 0.15) is 0 Å². The van der Waals surface area contributed by atoms with Gasteiger partial charge in [-0.05, 0) is 9.39 Å². The fourth-order valence-corrected chi connectivity index (χ4v) is 2.36. The Morgan fingerprint density at radius 1 is 1.32 bits per heavy atom. The van der Waals surface area contributed by atoms with Gasteiger partial charge in [-0.2, -0.15) is 13.5 Å². The molecule has 0 aliphatic rings. The van der Waals surface area contributed by atoms with Crippen molar-refractivity contribution in [3.8, 4) is 0 Å². The Balaban J connectivity index is 0. The van der Waals surface area contributed by atoms with Crippen molar-refractivity contribution in [2.45, 2.75) is 38.3 Å². The molecule has 0 aromatic heterocycles. The monoisotopic (exact) mass is 471 g/mol. The van der Waals surface area contributed by atoms with Crippen molar-refractivity contribution in [3.05, 3.63) is 0 Å². The van der Waals surface area contributed by atoms with Crippen molar-refractivity contribution >= 4 is 68.7 Å². The molecule has 0 fully saturated rings. The first-order chi connectivity index (χ1) is 12.7. The smallest absolute Gasteiger partial charge is 0.197 e. The van der Waals surface area contributed by atoms with E-state index < -0.39 is 36.4 Å². The zero-order valence-corrected chi connectivity index (χ0v) is 19.2. The maximum absolute atomic E-state index is 11.9. The number of carbonyl (C=O) groups excluding carboxylic acids is 4. The second-order valence-electron chi connectivity index (χ2n) is 5.40. The largest absolute Gasteiger partial charge is 0.197 e. The number of nitrogens with zero attached hydrogens (tertiary/aromatic N) is 1. The molecular formula is C13H26N6O5P3S+. The molecule has 158 valence electrons. The van der Waals surface area contributed by atoms with E-state index in [4.69, 9.17) is 11.5 Å². The van der Waals surface area contributed by atoms with E-state index in [-0.39, 0.29) is 39.6 Å². The number of amides is 2. The zero-order chi connectivity index (χ0) is 20.8. The van der Waals surface area contributed by atoms with Gasteiger partial charge in [-0.15, -0.1) is 0 Å². The molecule has 0 aliphatic heterocycles. The first-order valence-electron chi connectivity index (χ1n) is 7.85. The van der Waals surface area contributed by atoms with Gasteiger partial charge in [-0.25, -0.2) is 0 Å². The molecule has 0 spiro atoms. The van der Waals surface area contributed by atoms with Crippen LogP contribution in [0.3, 0.4) is 0 Å². The number of nitrogens with one attached hydrogen (secondary N) is 3. The number of carbonyl (C=O) groups is 4. The molecule has 15 heteroatoms. The predicted octanol–water partition coefficient (Wildman–Crippen LogP) is -0.789. The van der Waals surface area contributed by atoms with Crippen LogP contribution in [0.25, 0.3) is 0 Å². The number of aliphatic imine (C=N–C) groups is 1. The Bertz CT molecular complexity index is 630. The van der Waals surface area contributed by atoms with E-state index in [0.717, 1.165) is 0 Å². The Labute approximate surface area is 176 Å². The average molecular weight is 471 g/mol. The summed E-state index contributed by atoms with van der Waals surface area (Å²) in [4.78, 5) is 50.6. The van der Waals surface area contributed by atoms with Crippen molar-refractivity contribution in [1.29, 1.82) is 0 Å². The number of guanidine groups is 1. The Kier molecular flexibility index (Phi) is 17.6. The van der Waals surface area contributed by atoms with Crippen LogP contribution < -0.4 is 27.2 Å². The third kappa shape index (κ3) is 14.0. The van der Waals surface area contributed by atoms with Gasteiger partial charge in [0.2, 0.25) is 0 Å². The number of ketones is 1. The van der Waals surface area contributed by atoms with E-state index in [1.807, 2.05) is 0 Å². The molecule has 0 bridgehead atoms. The van der Waals surface area contributed by atoms with Crippen LogP contribution in [-0.4, -0.2) is 54.7 Å². The Hall–Kier alpha value is -1.05. The molecule has 0 rings (SSSR count). The molecule has 0 aliphatic carbocycles. The van der Waals surface area contributed by atoms with Crippen LogP contribution in [0, 0.1) is 0 Å². The van der Waals surface area contributed by atoms with Crippen LogP contribution in [0.2, 0.25) is 0 Å². The van der Waals surface area contributed by atoms with Crippen molar-refractivity contribution in [2.75, 3.05) is 13.1 Å². The van der Waals surface area contributed by atoms with E-state index in [1.165, 1.54) is 6.92 Å². The van der Waals surface area contributed by atoms with Gasteiger partial charge in [0.25, 0.3) is 0 Å². The third-order valence-electron chi connectivity index (χ3n) is 3.11. The van der Waals surface area contributed by atoms with Gasteiger partial charge in [0, 0.05) is 0 Å². The van der Waals surface area contributed by atoms with Crippen LogP contribution in [0.1, 0.15) is 26.2 Å². The summed E-state index contributed by atoms with van der Waals surface area (Å²) in [5.41, 5.74) is 11.2. The van der Waals surface area contributed by atoms with Gasteiger partial charge < -0.3 is 10.8 Å². The van der Waals surface area contributed by atoms with Crippen LogP contribution in [0.15, 0.2) is 4.99 Å². The summed E-state index contributed by atoms with van der Waals surface area (Å²) >= 11 is 0. The number of hydrogen-bond donors (Lipinski definition) is 5. The molecule has 0 radical (unpaired) electrons. The van der Waals surface area contributed by atoms with Gasteiger partial charge in [-0.3, -0.25) is 4.99 Å². The maximum Gasteiger partial charge on any atom is -0.197 e. The topological polar surface area (TPSA) is 178 Å². The molecule has 2 amide bonds. The quantitative estimate of drug-likeness (QED) is 0.113. The normalized spacial score (nSPS) is 12.6. The Morgan fingerprint density at radius 3 is 2.50 bits per heavy atom. The summed E-state index contributed by atoms with van der Waals surface area (Å²) in [5, 5.41) is 7.28. The van der Waals surface area contributed by atoms with Gasteiger partial charge >= 0.3 is 131 Å². The van der Waals surface area contributed by atoms with E-state index in [1.54, 1.807) is 0 Å². The van der Waals surface area contributed by atoms with Crippen molar-refractivity contribution in [1.82, 2.24) is 15.7 Å². The molecule has 0 aromatic rings. The van der Waals surface area contributed by atoms with Gasteiger partial charge in [-0.1, -0.05) is 0 Å². The minimum atomic E-state index is -1.14. The summed E-state index contributed by atoms with van der Waals surface area (Å²) in [7, 11) is 5.97. The molecule has 28 heavy (non-hydrogen) atoms. The number of rotatable bonds is 11. The summed E-state index contributed by atoms with van der Waals surface area (Å²) in [6, 6.07) is -1.96. The maximum atomic E-state index is 11.9. The molecular weight excluding hydrogens is 445 g/mol. The third-order valence-corrected chi connectivity index (χ3v) is 3.91.